The van der Waals surface area contributed by atoms with Crippen LogP contribution in [0.5, 0.6) is 0 Å². The van der Waals surface area contributed by atoms with E-state index >= 15 is 0 Å². The molecule has 108 valence electrons. The first-order chi connectivity index (χ1) is 8.96. The van der Waals surface area contributed by atoms with Gasteiger partial charge in [-0.25, -0.2) is 0 Å². The van der Waals surface area contributed by atoms with E-state index in [0.29, 0.717) is 0 Å². The minimum atomic E-state index is -0.0568. The molecule has 4 aliphatic rings. The third-order valence-electron chi connectivity index (χ3n) is 5.39. The quantitative estimate of drug-likeness (QED) is 0.819. The summed E-state index contributed by atoms with van der Waals surface area (Å²) in [7, 11) is 0. The largest absolute Gasteiger partial charge is 0.353 e. The second kappa shape index (κ2) is 4.76. The number of nitrogens with one attached hydrogen (secondary N) is 2. The van der Waals surface area contributed by atoms with Gasteiger partial charge in [-0.15, -0.1) is 0 Å². The van der Waals surface area contributed by atoms with Gasteiger partial charge in [0.15, 0.2) is 0 Å². The van der Waals surface area contributed by atoms with Gasteiger partial charge in [0, 0.05) is 11.6 Å². The Morgan fingerprint density at radius 3 is 1.89 bits per heavy atom. The maximum atomic E-state index is 12.1. The molecule has 3 nitrogen and oxygen atoms in total. The second-order valence-corrected chi connectivity index (χ2v) is 7.73. The first-order valence-electron chi connectivity index (χ1n) is 8.04. The maximum Gasteiger partial charge on any atom is 0.237 e. The Hall–Kier alpha value is -0.570. The molecule has 4 rings (SSSR count). The predicted molar refractivity (Wildman–Crippen MR) is 76.8 cm³/mol. The summed E-state index contributed by atoms with van der Waals surface area (Å²) in [6, 6.07) is 0.173. The smallest absolute Gasteiger partial charge is 0.237 e. The van der Waals surface area contributed by atoms with E-state index in [1.54, 1.807) is 0 Å². The molecule has 4 bridgehead atoms. The molecule has 0 aromatic rings. The molecule has 19 heavy (non-hydrogen) atoms. The molecule has 0 aliphatic heterocycles. The lowest BCUT2D eigenvalue weighted by Gasteiger charge is -2.57. The van der Waals surface area contributed by atoms with E-state index in [2.05, 4.69) is 10.6 Å². The van der Waals surface area contributed by atoms with Crippen LogP contribution in [-0.2, 0) is 4.79 Å². The van der Waals surface area contributed by atoms with E-state index in [1.165, 1.54) is 38.5 Å². The molecule has 1 amide bonds. The first-order valence-corrected chi connectivity index (χ1v) is 8.04. The van der Waals surface area contributed by atoms with Crippen LogP contribution in [0.2, 0.25) is 0 Å². The molecule has 2 N–H and O–H groups in total. The van der Waals surface area contributed by atoms with Crippen molar-refractivity contribution in [3.8, 4) is 0 Å². The van der Waals surface area contributed by atoms with Gasteiger partial charge < -0.3 is 10.6 Å². The fourth-order valence-electron chi connectivity index (χ4n) is 5.22. The lowest BCUT2D eigenvalue weighted by Crippen LogP contribution is -2.62. The van der Waals surface area contributed by atoms with Crippen LogP contribution < -0.4 is 10.6 Å². The summed E-state index contributed by atoms with van der Waals surface area (Å²) in [5.41, 5.74) is 0.280. The van der Waals surface area contributed by atoms with E-state index in [9.17, 15) is 4.79 Å². The van der Waals surface area contributed by atoms with Crippen LogP contribution in [0, 0.1) is 17.8 Å². The van der Waals surface area contributed by atoms with E-state index in [1.807, 2.05) is 20.8 Å². The standard InChI is InChI=1S/C16H28N2O/c1-10(2)17-15(19)11(3)18-16-7-12-4-13(8-16)6-14(5-12)9-16/h10-14,18H,4-9H2,1-3H3,(H,17,19)/t11-,12?,13?,14?,16?/m1/s1. The summed E-state index contributed by atoms with van der Waals surface area (Å²) in [5, 5.41) is 6.74. The minimum Gasteiger partial charge on any atom is -0.353 e. The summed E-state index contributed by atoms with van der Waals surface area (Å²) in [6.07, 6.45) is 8.27. The maximum absolute atomic E-state index is 12.1. The van der Waals surface area contributed by atoms with E-state index in [-0.39, 0.29) is 23.5 Å². The number of carbonyl (C=O) groups excluding carboxylic acids is 1. The zero-order valence-electron chi connectivity index (χ0n) is 12.5. The Kier molecular flexibility index (Phi) is 3.36. The van der Waals surface area contributed by atoms with E-state index in [4.69, 9.17) is 0 Å². The van der Waals surface area contributed by atoms with Crippen LogP contribution in [0.15, 0.2) is 0 Å². The number of amides is 1. The molecule has 3 heteroatoms. The zero-order chi connectivity index (χ0) is 13.6. The Balaban J connectivity index is 1.64. The molecule has 0 radical (unpaired) electrons. The van der Waals surface area contributed by atoms with Gasteiger partial charge in [-0.1, -0.05) is 0 Å². The number of hydrogen-bond donors (Lipinski definition) is 2. The number of hydrogen-bond acceptors (Lipinski definition) is 2. The molecule has 0 unspecified atom stereocenters. The van der Waals surface area contributed by atoms with Crippen LogP contribution in [0.1, 0.15) is 59.3 Å². The van der Waals surface area contributed by atoms with Gasteiger partial charge in [-0.05, 0) is 77.0 Å². The van der Waals surface area contributed by atoms with Gasteiger partial charge in [0.1, 0.15) is 0 Å². The highest BCUT2D eigenvalue weighted by atomic mass is 16.2. The number of carbonyl (C=O) groups is 1. The topological polar surface area (TPSA) is 41.1 Å². The molecule has 1 atom stereocenters. The van der Waals surface area contributed by atoms with Crippen molar-refractivity contribution < 1.29 is 4.79 Å². The Morgan fingerprint density at radius 1 is 1.00 bits per heavy atom. The molecular weight excluding hydrogens is 236 g/mol. The Morgan fingerprint density at radius 2 is 1.47 bits per heavy atom. The minimum absolute atomic E-state index is 0.0568. The third kappa shape index (κ3) is 2.67. The lowest BCUT2D eigenvalue weighted by molar-refractivity contribution is -0.125. The second-order valence-electron chi connectivity index (χ2n) is 7.73. The predicted octanol–water partition coefficient (Wildman–Crippen LogP) is 2.46. The third-order valence-corrected chi connectivity index (χ3v) is 5.39. The van der Waals surface area contributed by atoms with Crippen molar-refractivity contribution in [1.82, 2.24) is 10.6 Å². The van der Waals surface area contributed by atoms with E-state index in [0.717, 1.165) is 17.8 Å². The van der Waals surface area contributed by atoms with Crippen molar-refractivity contribution in [2.75, 3.05) is 0 Å². The van der Waals surface area contributed by atoms with Crippen molar-refractivity contribution in [3.63, 3.8) is 0 Å². The average molecular weight is 264 g/mol. The molecule has 0 aromatic carbocycles. The molecule has 0 aromatic heterocycles. The van der Waals surface area contributed by atoms with Gasteiger partial charge in [0.25, 0.3) is 0 Å². The van der Waals surface area contributed by atoms with Gasteiger partial charge in [-0.3, -0.25) is 4.79 Å². The van der Waals surface area contributed by atoms with Crippen LogP contribution in [0.4, 0.5) is 0 Å². The molecule has 4 fully saturated rings. The van der Waals surface area contributed by atoms with Gasteiger partial charge >= 0.3 is 0 Å². The summed E-state index contributed by atoms with van der Waals surface area (Å²) < 4.78 is 0. The molecule has 0 saturated heterocycles. The summed E-state index contributed by atoms with van der Waals surface area (Å²) in [6.45, 7) is 6.07. The summed E-state index contributed by atoms with van der Waals surface area (Å²) in [5.74, 6) is 2.95. The fourth-order valence-corrected chi connectivity index (χ4v) is 5.22. The Labute approximate surface area is 116 Å². The van der Waals surface area contributed by atoms with Gasteiger partial charge in [0.2, 0.25) is 5.91 Å². The van der Waals surface area contributed by atoms with Gasteiger partial charge in [0.05, 0.1) is 6.04 Å². The fraction of sp³-hybridized carbons (Fsp3) is 0.938. The molecule has 0 heterocycles. The highest BCUT2D eigenvalue weighted by Gasteiger charge is 2.51. The monoisotopic (exact) mass is 264 g/mol. The Bertz CT molecular complexity index is 328. The SMILES string of the molecule is CC(C)NC(=O)[C@@H](C)NC12CC3CC(CC(C3)C1)C2. The van der Waals surface area contributed by atoms with Crippen LogP contribution in [-0.4, -0.2) is 23.5 Å². The number of rotatable bonds is 4. The van der Waals surface area contributed by atoms with Crippen molar-refractivity contribution in [2.24, 2.45) is 17.8 Å². The van der Waals surface area contributed by atoms with Gasteiger partial charge in [-0.2, -0.15) is 0 Å². The van der Waals surface area contributed by atoms with E-state index < -0.39 is 0 Å². The van der Waals surface area contributed by atoms with Crippen molar-refractivity contribution >= 4 is 5.91 Å². The van der Waals surface area contributed by atoms with Crippen LogP contribution in [0.25, 0.3) is 0 Å². The van der Waals surface area contributed by atoms with Crippen LogP contribution in [0.3, 0.4) is 0 Å². The molecule has 4 saturated carbocycles. The molecule has 0 spiro atoms. The first kappa shape index (κ1) is 13.4. The highest BCUT2D eigenvalue weighted by Crippen LogP contribution is 2.55. The zero-order valence-corrected chi connectivity index (χ0v) is 12.5. The average Bonchev–Trinajstić information content (AvgIpc) is 2.24. The normalized spacial score (nSPS) is 41.6. The summed E-state index contributed by atoms with van der Waals surface area (Å²) >= 11 is 0. The van der Waals surface area contributed by atoms with Crippen molar-refractivity contribution in [2.45, 2.75) is 76.9 Å². The van der Waals surface area contributed by atoms with Crippen molar-refractivity contribution in [3.05, 3.63) is 0 Å². The lowest BCUT2D eigenvalue weighted by atomic mass is 9.53. The van der Waals surface area contributed by atoms with Crippen molar-refractivity contribution in [1.29, 1.82) is 0 Å². The highest BCUT2D eigenvalue weighted by molar-refractivity contribution is 5.81. The molecular formula is C16H28N2O. The summed E-state index contributed by atoms with van der Waals surface area (Å²) in [4.78, 5) is 12.1. The molecule has 4 aliphatic carbocycles. The van der Waals surface area contributed by atoms with Crippen LogP contribution >= 0.6 is 0 Å².